The maximum absolute atomic E-state index is 11.6. The maximum Gasteiger partial charge on any atom is 0.237 e. The Hall–Kier alpha value is -0.610. The van der Waals surface area contributed by atoms with Crippen LogP contribution in [0.5, 0.6) is 0 Å². The van der Waals surface area contributed by atoms with E-state index in [1.807, 2.05) is 4.90 Å². The Labute approximate surface area is 91.6 Å². The number of hydrogen-bond acceptors (Lipinski definition) is 3. The molecule has 0 bridgehead atoms. The third-order valence-electron chi connectivity index (χ3n) is 3.63. The summed E-state index contributed by atoms with van der Waals surface area (Å²) in [6.07, 6.45) is 2.69. The van der Waals surface area contributed by atoms with Gasteiger partial charge in [0.05, 0.1) is 12.7 Å². The molecular formula is C11H21N3O. The highest BCUT2D eigenvalue weighted by Gasteiger charge is 2.29. The van der Waals surface area contributed by atoms with E-state index in [0.29, 0.717) is 12.5 Å². The Kier molecular flexibility index (Phi) is 3.26. The van der Waals surface area contributed by atoms with Gasteiger partial charge in [-0.1, -0.05) is 0 Å². The molecule has 4 heteroatoms. The molecule has 0 aromatic carbocycles. The van der Waals surface area contributed by atoms with E-state index >= 15 is 0 Å². The molecule has 2 aliphatic rings. The van der Waals surface area contributed by atoms with Crippen molar-refractivity contribution in [2.45, 2.75) is 25.9 Å². The lowest BCUT2D eigenvalue weighted by atomic mass is 9.96. The molecule has 86 valence electrons. The zero-order chi connectivity index (χ0) is 10.8. The number of piperidine rings is 1. The van der Waals surface area contributed by atoms with Crippen molar-refractivity contribution in [2.75, 3.05) is 33.2 Å². The van der Waals surface area contributed by atoms with Crippen LogP contribution in [0.4, 0.5) is 0 Å². The molecule has 2 heterocycles. The van der Waals surface area contributed by atoms with Crippen LogP contribution in [0.2, 0.25) is 0 Å². The second-order valence-corrected chi connectivity index (χ2v) is 4.85. The Bertz CT molecular complexity index is 236. The maximum atomic E-state index is 11.6. The molecule has 2 aliphatic heterocycles. The molecule has 0 radical (unpaired) electrons. The number of nitrogens with one attached hydrogen (secondary N) is 1. The van der Waals surface area contributed by atoms with Crippen LogP contribution >= 0.6 is 0 Å². The van der Waals surface area contributed by atoms with E-state index in [-0.39, 0.29) is 12.1 Å². The van der Waals surface area contributed by atoms with Gasteiger partial charge < -0.3 is 9.80 Å². The molecule has 1 unspecified atom stereocenters. The van der Waals surface area contributed by atoms with Crippen LogP contribution in [-0.4, -0.2) is 55.1 Å². The van der Waals surface area contributed by atoms with E-state index in [0.717, 1.165) is 6.54 Å². The fraction of sp³-hybridized carbons (Fsp3) is 0.909. The summed E-state index contributed by atoms with van der Waals surface area (Å²) < 4.78 is 0. The predicted octanol–water partition coefficient (Wildman–Crippen LogP) is 0.106. The Morgan fingerprint density at radius 1 is 1.40 bits per heavy atom. The lowest BCUT2D eigenvalue weighted by Crippen LogP contribution is -2.41. The summed E-state index contributed by atoms with van der Waals surface area (Å²) >= 11 is 0. The minimum atomic E-state index is 0.233. The quantitative estimate of drug-likeness (QED) is 0.704. The zero-order valence-corrected chi connectivity index (χ0v) is 9.70. The predicted molar refractivity (Wildman–Crippen MR) is 59.4 cm³/mol. The smallest absolute Gasteiger partial charge is 0.237 e. The summed E-state index contributed by atoms with van der Waals surface area (Å²) in [5, 5.41) is 3.18. The van der Waals surface area contributed by atoms with Crippen molar-refractivity contribution in [1.29, 1.82) is 0 Å². The Balaban J connectivity index is 1.83. The van der Waals surface area contributed by atoms with Crippen LogP contribution in [-0.2, 0) is 4.79 Å². The normalized spacial score (nSPS) is 30.1. The Morgan fingerprint density at radius 2 is 2.07 bits per heavy atom. The van der Waals surface area contributed by atoms with Crippen molar-refractivity contribution < 1.29 is 4.79 Å². The van der Waals surface area contributed by atoms with Crippen molar-refractivity contribution in [2.24, 2.45) is 5.92 Å². The minimum absolute atomic E-state index is 0.233. The minimum Gasteiger partial charge on any atom is -0.326 e. The van der Waals surface area contributed by atoms with Crippen LogP contribution in [0.15, 0.2) is 0 Å². The summed E-state index contributed by atoms with van der Waals surface area (Å²) in [7, 11) is 2.17. The van der Waals surface area contributed by atoms with Crippen LogP contribution < -0.4 is 5.32 Å². The van der Waals surface area contributed by atoms with Gasteiger partial charge in [-0.15, -0.1) is 0 Å². The first-order valence-corrected chi connectivity index (χ1v) is 5.88. The van der Waals surface area contributed by atoms with Crippen LogP contribution in [0.25, 0.3) is 0 Å². The van der Waals surface area contributed by atoms with Crippen molar-refractivity contribution >= 4 is 5.91 Å². The summed E-state index contributed by atoms with van der Waals surface area (Å²) in [6, 6.07) is 0. The molecular weight excluding hydrogens is 190 g/mol. The molecule has 2 fully saturated rings. The third kappa shape index (κ3) is 2.49. The van der Waals surface area contributed by atoms with E-state index in [1.165, 1.54) is 25.9 Å². The van der Waals surface area contributed by atoms with E-state index in [1.54, 1.807) is 0 Å². The van der Waals surface area contributed by atoms with Crippen molar-refractivity contribution in [3.63, 3.8) is 0 Å². The number of likely N-dealkylation sites (tertiary alicyclic amines) is 1. The standard InChI is InChI=1S/C11H21N3O/c1-9-12-7-11(15)14(9)8-10-3-5-13(2)6-4-10/h9-10,12H,3-8H2,1-2H3. The van der Waals surface area contributed by atoms with Gasteiger partial charge >= 0.3 is 0 Å². The first-order chi connectivity index (χ1) is 7.16. The van der Waals surface area contributed by atoms with Gasteiger partial charge in [-0.05, 0) is 45.8 Å². The molecule has 15 heavy (non-hydrogen) atoms. The summed E-state index contributed by atoms with van der Waals surface area (Å²) in [5.74, 6) is 0.967. The first kappa shape index (κ1) is 10.9. The molecule has 0 aromatic rings. The van der Waals surface area contributed by atoms with Gasteiger partial charge in [0.25, 0.3) is 0 Å². The number of carbonyl (C=O) groups excluding carboxylic acids is 1. The number of hydrogen-bond donors (Lipinski definition) is 1. The van der Waals surface area contributed by atoms with E-state index in [2.05, 4.69) is 24.2 Å². The number of carbonyl (C=O) groups is 1. The molecule has 1 amide bonds. The average molecular weight is 211 g/mol. The molecule has 0 aliphatic carbocycles. The topological polar surface area (TPSA) is 35.6 Å². The average Bonchev–Trinajstić information content (AvgIpc) is 2.53. The molecule has 1 N–H and O–H groups in total. The summed E-state index contributed by atoms with van der Waals surface area (Å²) in [6.45, 7) is 5.89. The van der Waals surface area contributed by atoms with E-state index in [4.69, 9.17) is 0 Å². The lowest BCUT2D eigenvalue weighted by Gasteiger charge is -2.32. The molecule has 1 atom stereocenters. The van der Waals surface area contributed by atoms with Gasteiger partial charge in [0.1, 0.15) is 0 Å². The molecule has 0 spiro atoms. The van der Waals surface area contributed by atoms with Crippen molar-refractivity contribution in [1.82, 2.24) is 15.1 Å². The largest absolute Gasteiger partial charge is 0.326 e. The monoisotopic (exact) mass is 211 g/mol. The SMILES string of the molecule is CC1NCC(=O)N1CC1CCN(C)CC1. The van der Waals surface area contributed by atoms with E-state index in [9.17, 15) is 4.79 Å². The van der Waals surface area contributed by atoms with Crippen LogP contribution in [0.3, 0.4) is 0 Å². The molecule has 2 rings (SSSR count). The van der Waals surface area contributed by atoms with Gasteiger partial charge in [0.15, 0.2) is 0 Å². The molecule has 2 saturated heterocycles. The second kappa shape index (κ2) is 4.49. The fourth-order valence-corrected chi connectivity index (χ4v) is 2.45. The highest BCUT2D eigenvalue weighted by molar-refractivity contribution is 5.80. The zero-order valence-electron chi connectivity index (χ0n) is 9.70. The van der Waals surface area contributed by atoms with Gasteiger partial charge in [-0.25, -0.2) is 0 Å². The van der Waals surface area contributed by atoms with E-state index < -0.39 is 0 Å². The lowest BCUT2D eigenvalue weighted by molar-refractivity contribution is -0.128. The number of nitrogens with zero attached hydrogens (tertiary/aromatic N) is 2. The van der Waals surface area contributed by atoms with Gasteiger partial charge in [0, 0.05) is 6.54 Å². The van der Waals surface area contributed by atoms with Crippen molar-refractivity contribution in [3.05, 3.63) is 0 Å². The second-order valence-electron chi connectivity index (χ2n) is 4.85. The molecule has 0 saturated carbocycles. The molecule has 4 nitrogen and oxygen atoms in total. The highest BCUT2D eigenvalue weighted by Crippen LogP contribution is 2.19. The Morgan fingerprint density at radius 3 is 2.60 bits per heavy atom. The number of amides is 1. The van der Waals surface area contributed by atoms with Gasteiger partial charge in [0.2, 0.25) is 5.91 Å². The summed E-state index contributed by atoms with van der Waals surface area (Å²) in [4.78, 5) is 15.9. The first-order valence-electron chi connectivity index (χ1n) is 5.88. The van der Waals surface area contributed by atoms with Gasteiger partial charge in [-0.2, -0.15) is 0 Å². The number of rotatable bonds is 2. The van der Waals surface area contributed by atoms with Crippen LogP contribution in [0.1, 0.15) is 19.8 Å². The van der Waals surface area contributed by atoms with Crippen molar-refractivity contribution in [3.8, 4) is 0 Å². The van der Waals surface area contributed by atoms with Gasteiger partial charge in [-0.3, -0.25) is 10.1 Å². The van der Waals surface area contributed by atoms with Crippen LogP contribution in [0, 0.1) is 5.92 Å². The summed E-state index contributed by atoms with van der Waals surface area (Å²) in [5.41, 5.74) is 0. The highest BCUT2D eigenvalue weighted by atomic mass is 16.2. The third-order valence-corrected chi connectivity index (χ3v) is 3.63. The fourth-order valence-electron chi connectivity index (χ4n) is 2.45. The molecule has 0 aromatic heterocycles.